The molecular weight excluding hydrogens is 510 g/mol. The van der Waals surface area contributed by atoms with Crippen molar-refractivity contribution >= 4 is 29.9 Å². The number of fused-ring (bicyclic) bond motifs is 1. The zero-order valence-electron chi connectivity index (χ0n) is 16.6. The van der Waals surface area contributed by atoms with Gasteiger partial charge < -0.3 is 19.8 Å². The smallest absolute Gasteiger partial charge is 0.389 e. The van der Waals surface area contributed by atoms with Crippen LogP contribution in [0.4, 0.5) is 13.2 Å². The van der Waals surface area contributed by atoms with E-state index in [1.54, 1.807) is 6.26 Å². The molecule has 0 bridgehead atoms. The molecule has 0 radical (unpaired) electrons. The number of aliphatic imine (C=N–C) groups is 1. The second kappa shape index (κ2) is 12.1. The zero-order valence-corrected chi connectivity index (χ0v) is 18.9. The van der Waals surface area contributed by atoms with Crippen molar-refractivity contribution in [2.24, 2.45) is 4.99 Å². The molecule has 3 rings (SSSR count). The first-order chi connectivity index (χ1) is 14.0. The Hall–Kier alpha value is -1.91. The summed E-state index contributed by atoms with van der Waals surface area (Å²) in [6.07, 6.45) is -1.33. The first kappa shape index (κ1) is 24.4. The fourth-order valence-corrected chi connectivity index (χ4v) is 3.20. The van der Waals surface area contributed by atoms with Gasteiger partial charge >= 0.3 is 6.18 Å². The molecule has 0 spiro atoms. The Labute approximate surface area is 191 Å². The number of unbranched alkanes of at least 4 members (excludes halogenated alkanes) is 1. The first-order valence-corrected chi connectivity index (χ1v) is 9.87. The molecule has 5 nitrogen and oxygen atoms in total. The van der Waals surface area contributed by atoms with Crippen molar-refractivity contribution < 1.29 is 22.3 Å². The average molecular weight is 537 g/mol. The second-order valence-corrected chi connectivity index (χ2v) is 6.93. The summed E-state index contributed by atoms with van der Waals surface area (Å²) in [4.78, 5) is 4.48. The van der Waals surface area contributed by atoms with Gasteiger partial charge in [0.1, 0.15) is 11.5 Å². The Balaban J connectivity index is 0.00000320. The number of nitrogens with zero attached hydrogens (tertiary/aromatic N) is 1. The van der Waals surface area contributed by atoms with Gasteiger partial charge in [0, 0.05) is 37.9 Å². The minimum atomic E-state index is -4.11. The van der Waals surface area contributed by atoms with Gasteiger partial charge in [-0.05, 0) is 31.0 Å². The van der Waals surface area contributed by atoms with E-state index in [9.17, 15) is 13.2 Å². The van der Waals surface area contributed by atoms with Crippen LogP contribution in [0.25, 0.3) is 0 Å². The lowest BCUT2D eigenvalue weighted by Crippen LogP contribution is -2.42. The summed E-state index contributed by atoms with van der Waals surface area (Å²) in [5.74, 6) is 2.29. The van der Waals surface area contributed by atoms with E-state index in [2.05, 4.69) is 15.6 Å². The van der Waals surface area contributed by atoms with Crippen molar-refractivity contribution in [3.05, 3.63) is 54.0 Å². The van der Waals surface area contributed by atoms with Crippen molar-refractivity contribution in [1.29, 1.82) is 0 Å². The van der Waals surface area contributed by atoms with E-state index in [4.69, 9.17) is 9.15 Å². The SMILES string of the molecule is FC(F)(F)CCCCN=C(NCCc1ccco1)NC1CCOc2ccccc21.I. The topological polar surface area (TPSA) is 58.8 Å². The number of guanidine groups is 1. The summed E-state index contributed by atoms with van der Waals surface area (Å²) >= 11 is 0. The fourth-order valence-electron chi connectivity index (χ4n) is 3.20. The summed E-state index contributed by atoms with van der Waals surface area (Å²) in [5.41, 5.74) is 1.05. The number of nitrogens with one attached hydrogen (secondary N) is 2. The maximum Gasteiger partial charge on any atom is 0.389 e. The third kappa shape index (κ3) is 8.08. The molecule has 166 valence electrons. The lowest BCUT2D eigenvalue weighted by Gasteiger charge is -2.28. The Morgan fingerprint density at radius 3 is 2.73 bits per heavy atom. The maximum atomic E-state index is 12.3. The molecule has 2 aromatic rings. The number of halogens is 4. The van der Waals surface area contributed by atoms with Crippen LogP contribution in [-0.4, -0.2) is 31.8 Å². The standard InChI is InChI=1S/C21H26F3N3O2.HI/c22-21(23,24)11-3-4-12-25-20(26-13-9-16-6-5-14-28-16)27-18-10-15-29-19-8-2-1-7-17(18)19;/h1-2,5-8,14,18H,3-4,9-13,15H2,(H2,25,26,27);1H. The van der Waals surface area contributed by atoms with Gasteiger partial charge in [0.2, 0.25) is 0 Å². The third-order valence-corrected chi connectivity index (χ3v) is 4.65. The molecule has 9 heteroatoms. The lowest BCUT2D eigenvalue weighted by molar-refractivity contribution is -0.135. The molecule has 1 atom stereocenters. The average Bonchev–Trinajstić information content (AvgIpc) is 3.20. The third-order valence-electron chi connectivity index (χ3n) is 4.65. The van der Waals surface area contributed by atoms with Gasteiger partial charge in [-0.1, -0.05) is 18.2 Å². The van der Waals surface area contributed by atoms with Crippen molar-refractivity contribution in [3.8, 4) is 5.75 Å². The lowest BCUT2D eigenvalue weighted by atomic mass is 10.0. The van der Waals surface area contributed by atoms with Gasteiger partial charge in [-0.15, -0.1) is 24.0 Å². The Kier molecular flexibility index (Phi) is 9.80. The van der Waals surface area contributed by atoms with Crippen LogP contribution in [0.2, 0.25) is 0 Å². The fraction of sp³-hybridized carbons (Fsp3) is 0.476. The Morgan fingerprint density at radius 1 is 1.13 bits per heavy atom. The van der Waals surface area contributed by atoms with E-state index in [-0.39, 0.29) is 36.4 Å². The summed E-state index contributed by atoms with van der Waals surface area (Å²) < 4.78 is 48.0. The number of ether oxygens (including phenoxy) is 1. The van der Waals surface area contributed by atoms with Crippen LogP contribution >= 0.6 is 24.0 Å². The highest BCUT2D eigenvalue weighted by atomic mass is 127. The molecular formula is C21H27F3IN3O2. The molecule has 2 heterocycles. The molecule has 1 unspecified atom stereocenters. The molecule has 0 fully saturated rings. The highest BCUT2D eigenvalue weighted by molar-refractivity contribution is 14.0. The predicted molar refractivity (Wildman–Crippen MR) is 120 cm³/mol. The van der Waals surface area contributed by atoms with E-state index in [0.29, 0.717) is 38.5 Å². The second-order valence-electron chi connectivity index (χ2n) is 6.93. The number of hydrogen-bond acceptors (Lipinski definition) is 3. The molecule has 1 aromatic heterocycles. The summed E-state index contributed by atoms with van der Waals surface area (Å²) in [6.45, 7) is 1.53. The van der Waals surface area contributed by atoms with Crippen molar-refractivity contribution in [3.63, 3.8) is 0 Å². The van der Waals surface area contributed by atoms with Crippen molar-refractivity contribution in [1.82, 2.24) is 10.6 Å². The van der Waals surface area contributed by atoms with E-state index in [0.717, 1.165) is 23.5 Å². The Morgan fingerprint density at radius 2 is 1.97 bits per heavy atom. The summed E-state index contributed by atoms with van der Waals surface area (Å²) in [6, 6.07) is 11.6. The molecule has 30 heavy (non-hydrogen) atoms. The van der Waals surface area contributed by atoms with Gasteiger partial charge in [0.15, 0.2) is 5.96 Å². The van der Waals surface area contributed by atoms with Gasteiger partial charge in [-0.25, -0.2) is 0 Å². The number of para-hydroxylation sites is 1. The number of benzene rings is 1. The predicted octanol–water partition coefficient (Wildman–Crippen LogP) is 5.23. The largest absolute Gasteiger partial charge is 0.493 e. The molecule has 1 aromatic carbocycles. The van der Waals surface area contributed by atoms with Crippen LogP contribution in [0.15, 0.2) is 52.1 Å². The highest BCUT2D eigenvalue weighted by Crippen LogP contribution is 2.31. The molecule has 0 saturated carbocycles. The van der Waals surface area contributed by atoms with Crippen LogP contribution in [0.5, 0.6) is 5.75 Å². The maximum absolute atomic E-state index is 12.3. The molecule has 1 aliphatic heterocycles. The quantitative estimate of drug-likeness (QED) is 0.210. The number of hydrogen-bond donors (Lipinski definition) is 2. The molecule has 2 N–H and O–H groups in total. The van der Waals surface area contributed by atoms with Crippen LogP contribution in [0, 0.1) is 0 Å². The van der Waals surface area contributed by atoms with Crippen LogP contribution < -0.4 is 15.4 Å². The molecule has 1 aliphatic rings. The molecule has 0 aliphatic carbocycles. The van der Waals surface area contributed by atoms with Gasteiger partial charge in [0.05, 0.1) is 18.9 Å². The first-order valence-electron chi connectivity index (χ1n) is 9.87. The number of furan rings is 1. The van der Waals surface area contributed by atoms with Crippen LogP contribution in [0.1, 0.15) is 43.0 Å². The molecule has 0 amide bonds. The number of alkyl halides is 3. The summed E-state index contributed by atoms with van der Waals surface area (Å²) in [5, 5.41) is 6.66. The molecule has 0 saturated heterocycles. The van der Waals surface area contributed by atoms with Crippen molar-refractivity contribution in [2.45, 2.75) is 44.3 Å². The van der Waals surface area contributed by atoms with E-state index in [1.165, 1.54) is 0 Å². The normalized spacial score (nSPS) is 16.2. The van der Waals surface area contributed by atoms with E-state index in [1.807, 2.05) is 36.4 Å². The number of rotatable bonds is 8. The van der Waals surface area contributed by atoms with Gasteiger partial charge in [-0.3, -0.25) is 4.99 Å². The van der Waals surface area contributed by atoms with Gasteiger partial charge in [-0.2, -0.15) is 13.2 Å². The highest BCUT2D eigenvalue weighted by Gasteiger charge is 2.26. The van der Waals surface area contributed by atoms with Crippen molar-refractivity contribution in [2.75, 3.05) is 19.7 Å². The minimum Gasteiger partial charge on any atom is -0.493 e. The van der Waals surface area contributed by atoms with E-state index < -0.39 is 12.6 Å². The Bertz CT molecular complexity index is 782. The minimum absolute atomic E-state index is 0. The monoisotopic (exact) mass is 537 g/mol. The van der Waals surface area contributed by atoms with Crippen LogP contribution in [0.3, 0.4) is 0 Å². The van der Waals surface area contributed by atoms with Gasteiger partial charge in [0.25, 0.3) is 0 Å². The van der Waals surface area contributed by atoms with Crippen LogP contribution in [-0.2, 0) is 6.42 Å². The zero-order chi connectivity index (χ0) is 20.5. The summed E-state index contributed by atoms with van der Waals surface area (Å²) in [7, 11) is 0. The van der Waals surface area contributed by atoms with E-state index >= 15 is 0 Å².